The number of urea groups is 1. The van der Waals surface area contributed by atoms with Gasteiger partial charge in [-0.2, -0.15) is 0 Å². The molecule has 1 saturated heterocycles. The van der Waals surface area contributed by atoms with Crippen molar-refractivity contribution in [2.24, 2.45) is 17.8 Å². The first-order valence-electron chi connectivity index (χ1n) is 8.72. The summed E-state index contributed by atoms with van der Waals surface area (Å²) in [5, 5.41) is 12.4. The first kappa shape index (κ1) is 16.8. The number of benzene rings is 1. The number of rotatable bonds is 2. The quantitative estimate of drug-likeness (QED) is 0.876. The molecule has 2 N–H and O–H groups in total. The number of hydrogen-bond acceptors (Lipinski definition) is 2. The molecule has 3 rings (SSSR count). The second-order valence-corrected chi connectivity index (χ2v) is 7.59. The van der Waals surface area contributed by atoms with Crippen LogP contribution in [0.1, 0.15) is 43.0 Å². The molecule has 24 heavy (non-hydrogen) atoms. The zero-order valence-electron chi connectivity index (χ0n) is 14.6. The Kier molecular flexibility index (Phi) is 4.52. The van der Waals surface area contributed by atoms with Gasteiger partial charge in [0.05, 0.1) is 12.0 Å². The maximum absolute atomic E-state index is 12.7. The molecule has 0 saturated carbocycles. The van der Waals surface area contributed by atoms with E-state index < -0.39 is 11.9 Å². The van der Waals surface area contributed by atoms with Crippen molar-refractivity contribution in [2.75, 3.05) is 13.1 Å². The van der Waals surface area contributed by atoms with Crippen molar-refractivity contribution in [3.05, 3.63) is 34.9 Å². The van der Waals surface area contributed by atoms with Crippen LogP contribution in [0.5, 0.6) is 0 Å². The molecule has 0 bridgehead atoms. The number of aliphatic carboxylic acids is 1. The van der Waals surface area contributed by atoms with E-state index in [1.54, 1.807) is 4.90 Å². The van der Waals surface area contributed by atoms with Crippen LogP contribution in [-0.4, -0.2) is 35.1 Å². The van der Waals surface area contributed by atoms with Gasteiger partial charge < -0.3 is 15.3 Å². The summed E-state index contributed by atoms with van der Waals surface area (Å²) in [5.74, 6) is -0.714. The Balaban J connectivity index is 1.73. The van der Waals surface area contributed by atoms with E-state index in [1.165, 1.54) is 16.7 Å². The van der Waals surface area contributed by atoms with Crippen LogP contribution in [0.4, 0.5) is 4.79 Å². The van der Waals surface area contributed by atoms with Crippen LogP contribution in [0.2, 0.25) is 0 Å². The molecule has 2 aliphatic rings. The van der Waals surface area contributed by atoms with Gasteiger partial charge in [0.1, 0.15) is 0 Å². The fraction of sp³-hybridized carbons (Fsp3) is 0.579. The van der Waals surface area contributed by atoms with E-state index in [9.17, 15) is 14.7 Å². The molecular weight excluding hydrogens is 304 g/mol. The number of nitrogens with one attached hydrogen (secondary N) is 1. The molecule has 1 fully saturated rings. The molecule has 4 unspecified atom stereocenters. The molecule has 0 aromatic heterocycles. The second-order valence-electron chi connectivity index (χ2n) is 7.59. The fourth-order valence-corrected chi connectivity index (χ4v) is 4.10. The van der Waals surface area contributed by atoms with Gasteiger partial charge in [0, 0.05) is 13.1 Å². The molecule has 5 nitrogen and oxygen atoms in total. The first-order chi connectivity index (χ1) is 11.3. The Morgan fingerprint density at radius 2 is 2.00 bits per heavy atom. The van der Waals surface area contributed by atoms with E-state index in [2.05, 4.69) is 37.4 Å². The lowest BCUT2D eigenvalue weighted by atomic mass is 9.90. The van der Waals surface area contributed by atoms with E-state index in [1.807, 2.05) is 6.92 Å². The SMILES string of the molecule is Cc1ccc2c(c1)C(NC(=O)N1CC(C)CC(C(=O)O)C1)C(C)C2. The predicted octanol–water partition coefficient (Wildman–Crippen LogP) is 2.98. The lowest BCUT2D eigenvalue weighted by Gasteiger charge is -2.35. The average Bonchev–Trinajstić information content (AvgIpc) is 2.82. The Morgan fingerprint density at radius 1 is 1.25 bits per heavy atom. The number of nitrogens with zero attached hydrogens (tertiary/aromatic N) is 1. The third-order valence-corrected chi connectivity index (χ3v) is 5.32. The molecule has 0 radical (unpaired) electrons. The Hall–Kier alpha value is -2.04. The zero-order chi connectivity index (χ0) is 17.4. The topological polar surface area (TPSA) is 69.6 Å². The fourth-order valence-electron chi connectivity index (χ4n) is 4.10. The van der Waals surface area contributed by atoms with Crippen LogP contribution in [-0.2, 0) is 11.2 Å². The predicted molar refractivity (Wildman–Crippen MR) is 91.8 cm³/mol. The molecule has 5 heteroatoms. The van der Waals surface area contributed by atoms with Gasteiger partial charge in [-0.25, -0.2) is 4.79 Å². The molecule has 1 aromatic rings. The molecule has 1 aliphatic carbocycles. The summed E-state index contributed by atoms with van der Waals surface area (Å²) in [6, 6.07) is 6.28. The average molecular weight is 330 g/mol. The van der Waals surface area contributed by atoms with Crippen LogP contribution in [0.3, 0.4) is 0 Å². The molecular formula is C19H26N2O3. The van der Waals surface area contributed by atoms with E-state index in [4.69, 9.17) is 0 Å². The molecule has 2 amide bonds. The number of hydrogen-bond donors (Lipinski definition) is 2. The monoisotopic (exact) mass is 330 g/mol. The third kappa shape index (κ3) is 3.25. The van der Waals surface area contributed by atoms with E-state index >= 15 is 0 Å². The summed E-state index contributed by atoms with van der Waals surface area (Å²) < 4.78 is 0. The van der Waals surface area contributed by atoms with Crippen molar-refractivity contribution in [3.63, 3.8) is 0 Å². The minimum Gasteiger partial charge on any atom is -0.481 e. The standard InChI is InChI=1S/C19H26N2O3/c1-11-4-5-14-8-13(3)17(16(14)7-11)20-19(24)21-9-12(2)6-15(10-21)18(22)23/h4-5,7,12-13,15,17H,6,8-10H2,1-3H3,(H,20,24)(H,22,23). The van der Waals surface area contributed by atoms with Crippen molar-refractivity contribution in [1.82, 2.24) is 10.2 Å². The highest BCUT2D eigenvalue weighted by Crippen LogP contribution is 2.36. The number of carboxylic acids is 1. The van der Waals surface area contributed by atoms with Crippen molar-refractivity contribution in [2.45, 2.75) is 39.7 Å². The van der Waals surface area contributed by atoms with Crippen LogP contribution < -0.4 is 5.32 Å². The summed E-state index contributed by atoms with van der Waals surface area (Å²) in [6.45, 7) is 7.14. The normalized spacial score (nSPS) is 29.2. The second kappa shape index (κ2) is 6.46. The van der Waals surface area contributed by atoms with Gasteiger partial charge in [-0.05, 0) is 42.7 Å². The number of piperidine rings is 1. The van der Waals surface area contributed by atoms with Crippen molar-refractivity contribution < 1.29 is 14.7 Å². The Morgan fingerprint density at radius 3 is 2.71 bits per heavy atom. The summed E-state index contributed by atoms with van der Waals surface area (Å²) in [7, 11) is 0. The molecule has 1 heterocycles. The molecule has 1 aliphatic heterocycles. The van der Waals surface area contributed by atoms with Gasteiger partial charge in [0.2, 0.25) is 0 Å². The molecule has 0 spiro atoms. The van der Waals surface area contributed by atoms with Gasteiger partial charge in [0.15, 0.2) is 0 Å². The van der Waals surface area contributed by atoms with Crippen LogP contribution in [0.15, 0.2) is 18.2 Å². The number of likely N-dealkylation sites (tertiary alicyclic amines) is 1. The summed E-state index contributed by atoms with van der Waals surface area (Å²) in [5.41, 5.74) is 3.70. The Bertz CT molecular complexity index is 658. The lowest BCUT2D eigenvalue weighted by molar-refractivity contribution is -0.143. The first-order valence-corrected chi connectivity index (χ1v) is 8.72. The molecule has 1 aromatic carbocycles. The zero-order valence-corrected chi connectivity index (χ0v) is 14.6. The maximum atomic E-state index is 12.7. The van der Waals surface area contributed by atoms with Gasteiger partial charge in [-0.3, -0.25) is 4.79 Å². The highest BCUT2D eigenvalue weighted by molar-refractivity contribution is 5.77. The van der Waals surface area contributed by atoms with Crippen molar-refractivity contribution >= 4 is 12.0 Å². The summed E-state index contributed by atoms with van der Waals surface area (Å²) >= 11 is 0. The smallest absolute Gasteiger partial charge is 0.317 e. The largest absolute Gasteiger partial charge is 0.481 e. The number of amides is 2. The molecule has 4 atom stereocenters. The van der Waals surface area contributed by atoms with Crippen molar-refractivity contribution in [1.29, 1.82) is 0 Å². The van der Waals surface area contributed by atoms with E-state index in [0.717, 1.165) is 6.42 Å². The van der Waals surface area contributed by atoms with Gasteiger partial charge in [-0.15, -0.1) is 0 Å². The third-order valence-electron chi connectivity index (χ3n) is 5.32. The number of carbonyl (C=O) groups is 2. The van der Waals surface area contributed by atoms with Crippen LogP contribution in [0.25, 0.3) is 0 Å². The number of fused-ring (bicyclic) bond motifs is 1. The molecule has 130 valence electrons. The highest BCUT2D eigenvalue weighted by atomic mass is 16.4. The summed E-state index contributed by atoms with van der Waals surface area (Å²) in [6.07, 6.45) is 1.61. The van der Waals surface area contributed by atoms with Gasteiger partial charge in [-0.1, -0.05) is 37.6 Å². The van der Waals surface area contributed by atoms with E-state index in [0.29, 0.717) is 25.4 Å². The van der Waals surface area contributed by atoms with Crippen LogP contribution in [0, 0.1) is 24.7 Å². The summed E-state index contributed by atoms with van der Waals surface area (Å²) in [4.78, 5) is 25.7. The number of aryl methyl sites for hydroxylation is 1. The minimum absolute atomic E-state index is 0.00732. The minimum atomic E-state index is -0.811. The Labute approximate surface area is 143 Å². The van der Waals surface area contributed by atoms with E-state index in [-0.39, 0.29) is 18.0 Å². The highest BCUT2D eigenvalue weighted by Gasteiger charge is 2.35. The number of carbonyl (C=O) groups excluding carboxylic acids is 1. The van der Waals surface area contributed by atoms with Gasteiger partial charge >= 0.3 is 12.0 Å². The van der Waals surface area contributed by atoms with Crippen LogP contribution >= 0.6 is 0 Å². The number of carboxylic acid groups (broad SMARTS) is 1. The van der Waals surface area contributed by atoms with Crippen molar-refractivity contribution in [3.8, 4) is 0 Å². The lowest BCUT2D eigenvalue weighted by Crippen LogP contribution is -2.50. The van der Waals surface area contributed by atoms with Gasteiger partial charge in [0.25, 0.3) is 0 Å². The maximum Gasteiger partial charge on any atom is 0.317 e.